The Labute approximate surface area is 102 Å². The molecule has 0 aliphatic rings. The van der Waals surface area contributed by atoms with Gasteiger partial charge < -0.3 is 19.3 Å². The molecule has 0 saturated carbocycles. The average Bonchev–Trinajstić information content (AvgIpc) is 2.36. The molecule has 4 nitrogen and oxygen atoms in total. The predicted octanol–water partition coefficient (Wildman–Crippen LogP) is 2.03. The van der Waals surface area contributed by atoms with E-state index >= 15 is 0 Å². The van der Waals surface area contributed by atoms with Crippen molar-refractivity contribution < 1.29 is 19.3 Å². The van der Waals surface area contributed by atoms with E-state index < -0.39 is 0 Å². The van der Waals surface area contributed by atoms with E-state index in [1.165, 1.54) is 0 Å². The van der Waals surface area contributed by atoms with Gasteiger partial charge in [0, 0.05) is 12.7 Å². The predicted molar refractivity (Wildman–Crippen MR) is 66.1 cm³/mol. The van der Waals surface area contributed by atoms with Crippen LogP contribution in [-0.4, -0.2) is 32.5 Å². The van der Waals surface area contributed by atoms with E-state index in [9.17, 15) is 0 Å². The molecule has 96 valence electrons. The maximum Gasteiger partial charge on any atom is 0.164 e. The van der Waals surface area contributed by atoms with Gasteiger partial charge in [0.15, 0.2) is 11.5 Å². The first-order valence-electron chi connectivity index (χ1n) is 5.75. The van der Waals surface area contributed by atoms with Gasteiger partial charge in [-0.2, -0.15) is 0 Å². The second-order valence-corrected chi connectivity index (χ2v) is 3.58. The van der Waals surface area contributed by atoms with E-state index in [1.807, 2.05) is 19.1 Å². The van der Waals surface area contributed by atoms with Crippen LogP contribution in [0.5, 0.6) is 17.2 Å². The van der Waals surface area contributed by atoms with Crippen molar-refractivity contribution in [3.8, 4) is 17.2 Å². The van der Waals surface area contributed by atoms with Crippen LogP contribution in [0, 0.1) is 0 Å². The average molecular weight is 240 g/mol. The summed E-state index contributed by atoms with van der Waals surface area (Å²) >= 11 is 0. The number of rotatable bonds is 7. The van der Waals surface area contributed by atoms with Gasteiger partial charge in [-0.1, -0.05) is 0 Å². The Bertz CT molecular complexity index is 350. The lowest BCUT2D eigenvalue weighted by molar-refractivity contribution is 0.286. The molecule has 0 atom stereocenters. The van der Waals surface area contributed by atoms with Gasteiger partial charge in [-0.15, -0.1) is 0 Å². The highest BCUT2D eigenvalue weighted by Crippen LogP contribution is 2.35. The Kier molecular flexibility index (Phi) is 5.63. The molecule has 4 heteroatoms. The van der Waals surface area contributed by atoms with Gasteiger partial charge in [0.05, 0.1) is 20.8 Å². The van der Waals surface area contributed by atoms with Crippen molar-refractivity contribution in [3.63, 3.8) is 0 Å². The van der Waals surface area contributed by atoms with Crippen LogP contribution >= 0.6 is 0 Å². The molecule has 0 bridgehead atoms. The topological polar surface area (TPSA) is 47.9 Å². The number of hydrogen-bond acceptors (Lipinski definition) is 4. The normalized spacial score (nSPS) is 10.1. The molecule has 0 aromatic heterocycles. The molecule has 1 rings (SSSR count). The number of ether oxygens (including phenoxy) is 3. The van der Waals surface area contributed by atoms with Gasteiger partial charge in [0.2, 0.25) is 0 Å². The summed E-state index contributed by atoms with van der Waals surface area (Å²) in [6.07, 6.45) is 1.46. The lowest BCUT2D eigenvalue weighted by atomic mass is 10.1. The molecule has 0 spiro atoms. The van der Waals surface area contributed by atoms with Crippen LogP contribution in [0.15, 0.2) is 12.1 Å². The minimum atomic E-state index is 0.166. The van der Waals surface area contributed by atoms with Crippen LogP contribution in [-0.2, 0) is 6.42 Å². The lowest BCUT2D eigenvalue weighted by Gasteiger charge is -2.14. The number of hydrogen-bond donors (Lipinski definition) is 1. The van der Waals surface area contributed by atoms with Crippen molar-refractivity contribution in [2.75, 3.05) is 27.4 Å². The Morgan fingerprint density at radius 3 is 2.29 bits per heavy atom. The second kappa shape index (κ2) is 7.01. The quantitative estimate of drug-likeness (QED) is 0.792. The van der Waals surface area contributed by atoms with Gasteiger partial charge in [0.25, 0.3) is 0 Å². The van der Waals surface area contributed by atoms with Crippen molar-refractivity contribution in [1.82, 2.24) is 0 Å². The van der Waals surface area contributed by atoms with E-state index in [0.29, 0.717) is 24.5 Å². The van der Waals surface area contributed by atoms with Crippen molar-refractivity contribution in [3.05, 3.63) is 17.7 Å². The molecule has 0 unspecified atom stereocenters. The monoisotopic (exact) mass is 240 g/mol. The van der Waals surface area contributed by atoms with Gasteiger partial charge in [0.1, 0.15) is 5.75 Å². The third kappa shape index (κ3) is 3.53. The highest BCUT2D eigenvalue weighted by atomic mass is 16.5. The van der Waals surface area contributed by atoms with Crippen molar-refractivity contribution in [2.45, 2.75) is 19.8 Å². The Morgan fingerprint density at radius 2 is 1.76 bits per heavy atom. The maximum atomic E-state index is 8.87. The smallest absolute Gasteiger partial charge is 0.164 e. The summed E-state index contributed by atoms with van der Waals surface area (Å²) in [5.74, 6) is 2.14. The minimum Gasteiger partial charge on any atom is -0.496 e. The number of aryl methyl sites for hydroxylation is 1. The summed E-state index contributed by atoms with van der Waals surface area (Å²) in [7, 11) is 3.22. The van der Waals surface area contributed by atoms with E-state index in [1.54, 1.807) is 14.2 Å². The molecular weight excluding hydrogens is 220 g/mol. The first-order chi connectivity index (χ1) is 8.26. The molecule has 1 N–H and O–H groups in total. The Hall–Kier alpha value is -1.42. The minimum absolute atomic E-state index is 0.166. The molecule has 0 radical (unpaired) electrons. The first-order valence-corrected chi connectivity index (χ1v) is 5.75. The maximum absolute atomic E-state index is 8.87. The van der Waals surface area contributed by atoms with E-state index in [2.05, 4.69) is 0 Å². The summed E-state index contributed by atoms with van der Waals surface area (Å²) in [6, 6.07) is 3.73. The lowest BCUT2D eigenvalue weighted by Crippen LogP contribution is -2.00. The van der Waals surface area contributed by atoms with Gasteiger partial charge >= 0.3 is 0 Å². The number of benzene rings is 1. The van der Waals surface area contributed by atoms with Crippen molar-refractivity contribution >= 4 is 0 Å². The fourth-order valence-corrected chi connectivity index (χ4v) is 1.67. The van der Waals surface area contributed by atoms with E-state index in [0.717, 1.165) is 17.7 Å². The zero-order valence-electron chi connectivity index (χ0n) is 10.7. The Morgan fingerprint density at radius 1 is 1.06 bits per heavy atom. The van der Waals surface area contributed by atoms with Crippen LogP contribution in [0.2, 0.25) is 0 Å². The highest BCUT2D eigenvalue weighted by Gasteiger charge is 2.11. The van der Waals surface area contributed by atoms with Crippen LogP contribution in [0.1, 0.15) is 18.9 Å². The van der Waals surface area contributed by atoms with Crippen molar-refractivity contribution in [1.29, 1.82) is 0 Å². The zero-order valence-corrected chi connectivity index (χ0v) is 10.7. The van der Waals surface area contributed by atoms with Crippen LogP contribution in [0.25, 0.3) is 0 Å². The summed E-state index contributed by atoms with van der Waals surface area (Å²) in [5.41, 5.74) is 1.02. The largest absolute Gasteiger partial charge is 0.496 e. The van der Waals surface area contributed by atoms with Gasteiger partial charge in [-0.05, 0) is 31.4 Å². The molecule has 0 aliphatic heterocycles. The van der Waals surface area contributed by atoms with Crippen LogP contribution < -0.4 is 14.2 Å². The molecular formula is C13H20O4. The standard InChI is InChI=1S/C13H20O4/c1-4-17-13-8-10(6-5-7-14)11(15-2)9-12(13)16-3/h8-9,14H,4-7H2,1-3H3. The molecule has 1 aromatic rings. The van der Waals surface area contributed by atoms with Crippen molar-refractivity contribution in [2.24, 2.45) is 0 Å². The molecule has 0 amide bonds. The van der Waals surface area contributed by atoms with E-state index in [-0.39, 0.29) is 6.61 Å². The summed E-state index contributed by atoms with van der Waals surface area (Å²) in [5, 5.41) is 8.87. The number of methoxy groups -OCH3 is 2. The third-order valence-electron chi connectivity index (χ3n) is 2.47. The molecule has 0 saturated heterocycles. The Balaban J connectivity index is 3.04. The van der Waals surface area contributed by atoms with Crippen LogP contribution in [0.3, 0.4) is 0 Å². The van der Waals surface area contributed by atoms with Crippen LogP contribution in [0.4, 0.5) is 0 Å². The fourth-order valence-electron chi connectivity index (χ4n) is 1.67. The number of aliphatic hydroxyl groups is 1. The fraction of sp³-hybridized carbons (Fsp3) is 0.538. The molecule has 0 fully saturated rings. The zero-order chi connectivity index (χ0) is 12.7. The summed E-state index contributed by atoms with van der Waals surface area (Å²) in [6.45, 7) is 2.68. The van der Waals surface area contributed by atoms with Gasteiger partial charge in [-0.3, -0.25) is 0 Å². The molecule has 17 heavy (non-hydrogen) atoms. The third-order valence-corrected chi connectivity index (χ3v) is 2.47. The first kappa shape index (κ1) is 13.6. The summed E-state index contributed by atoms with van der Waals surface area (Å²) < 4.78 is 16.1. The SMILES string of the molecule is CCOc1cc(CCCO)c(OC)cc1OC. The molecule has 0 heterocycles. The highest BCUT2D eigenvalue weighted by molar-refractivity contribution is 5.50. The summed E-state index contributed by atoms with van der Waals surface area (Å²) in [4.78, 5) is 0. The van der Waals surface area contributed by atoms with Gasteiger partial charge in [-0.25, -0.2) is 0 Å². The second-order valence-electron chi connectivity index (χ2n) is 3.58. The van der Waals surface area contributed by atoms with E-state index in [4.69, 9.17) is 19.3 Å². The molecule has 1 aromatic carbocycles. The molecule has 0 aliphatic carbocycles. The number of aliphatic hydroxyl groups excluding tert-OH is 1.